The van der Waals surface area contributed by atoms with Crippen LogP contribution in [0.2, 0.25) is 10.0 Å². The van der Waals surface area contributed by atoms with Gasteiger partial charge in [0.05, 0.1) is 20.6 Å². The van der Waals surface area contributed by atoms with Crippen LogP contribution in [0, 0.1) is 0 Å². The average Bonchev–Trinajstić information content (AvgIpc) is 2.77. The maximum Gasteiger partial charge on any atom is 0.264 e. The molecule has 0 saturated heterocycles. The molecule has 9 heteroatoms. The topological polar surface area (TPSA) is 66.5 Å². The van der Waals surface area contributed by atoms with Crippen molar-refractivity contribution in [2.45, 2.75) is 16.7 Å². The molecule has 0 spiro atoms. The number of carbonyl (C=O) groups excluding carboxylic acids is 1. The molecule has 0 aliphatic carbocycles. The zero-order chi connectivity index (χ0) is 22.6. The standard InChI is InChI=1S/C22H20Cl2N2O3S2/c1-3-26(31(28,29)19-11-9-18(30-2)10-12-19)17-7-4-15(5-8-17)22(27)25-16-6-13-20(23)21(24)14-16/h4-14H,3H2,1-2H3,(H,25,27). The molecule has 0 aliphatic rings. The molecule has 162 valence electrons. The van der Waals surface area contributed by atoms with E-state index in [2.05, 4.69) is 5.32 Å². The van der Waals surface area contributed by atoms with Crippen LogP contribution in [0.5, 0.6) is 0 Å². The number of hydrogen-bond acceptors (Lipinski definition) is 4. The third kappa shape index (κ3) is 5.36. The van der Waals surface area contributed by atoms with E-state index in [-0.39, 0.29) is 17.3 Å². The van der Waals surface area contributed by atoms with Crippen molar-refractivity contribution in [2.24, 2.45) is 0 Å². The minimum absolute atomic E-state index is 0.216. The fourth-order valence-corrected chi connectivity index (χ4v) is 5.10. The molecule has 0 atom stereocenters. The van der Waals surface area contributed by atoms with E-state index < -0.39 is 10.0 Å². The third-order valence-electron chi connectivity index (χ3n) is 4.53. The van der Waals surface area contributed by atoms with E-state index in [9.17, 15) is 13.2 Å². The highest BCUT2D eigenvalue weighted by Gasteiger charge is 2.23. The van der Waals surface area contributed by atoms with Crippen molar-refractivity contribution in [1.82, 2.24) is 0 Å². The van der Waals surface area contributed by atoms with Crippen LogP contribution in [0.15, 0.2) is 76.5 Å². The van der Waals surface area contributed by atoms with Crippen LogP contribution in [-0.4, -0.2) is 27.1 Å². The summed E-state index contributed by atoms with van der Waals surface area (Å²) in [5, 5.41) is 3.47. The van der Waals surface area contributed by atoms with E-state index in [1.807, 2.05) is 6.26 Å². The van der Waals surface area contributed by atoms with E-state index in [1.165, 1.54) is 4.31 Å². The monoisotopic (exact) mass is 494 g/mol. The first-order valence-electron chi connectivity index (χ1n) is 9.29. The quantitative estimate of drug-likeness (QED) is 0.398. The molecule has 0 aliphatic heterocycles. The predicted molar refractivity (Wildman–Crippen MR) is 129 cm³/mol. The summed E-state index contributed by atoms with van der Waals surface area (Å²) in [5.74, 6) is -0.344. The third-order valence-corrected chi connectivity index (χ3v) is 7.93. The Balaban J connectivity index is 1.80. The first-order valence-corrected chi connectivity index (χ1v) is 12.7. The molecule has 0 aromatic heterocycles. The molecule has 3 aromatic carbocycles. The van der Waals surface area contributed by atoms with Gasteiger partial charge in [0.25, 0.3) is 15.9 Å². The van der Waals surface area contributed by atoms with Gasteiger partial charge in [-0.15, -0.1) is 11.8 Å². The fourth-order valence-electron chi connectivity index (χ4n) is 2.92. The van der Waals surface area contributed by atoms with E-state index >= 15 is 0 Å². The molecule has 3 aromatic rings. The Bertz CT molecular complexity index is 1180. The average molecular weight is 495 g/mol. The molecular weight excluding hydrogens is 475 g/mol. The maximum atomic E-state index is 13.1. The number of hydrogen-bond donors (Lipinski definition) is 1. The van der Waals surface area contributed by atoms with Crippen molar-refractivity contribution in [1.29, 1.82) is 0 Å². The van der Waals surface area contributed by atoms with Crippen LogP contribution < -0.4 is 9.62 Å². The molecule has 0 bridgehead atoms. The van der Waals surface area contributed by atoms with Gasteiger partial charge in [-0.1, -0.05) is 23.2 Å². The molecule has 0 saturated carbocycles. The van der Waals surface area contributed by atoms with Gasteiger partial charge in [-0.05, 0) is 79.9 Å². The summed E-state index contributed by atoms with van der Waals surface area (Å²) in [7, 11) is -3.72. The maximum absolute atomic E-state index is 13.1. The van der Waals surface area contributed by atoms with Crippen LogP contribution in [0.25, 0.3) is 0 Å². The van der Waals surface area contributed by atoms with Crippen molar-refractivity contribution >= 4 is 62.3 Å². The molecule has 1 amide bonds. The first kappa shape index (κ1) is 23.5. The van der Waals surface area contributed by atoms with Crippen molar-refractivity contribution in [3.63, 3.8) is 0 Å². The Labute approximate surface area is 196 Å². The predicted octanol–water partition coefficient (Wildman–Crippen LogP) is 6.18. The lowest BCUT2D eigenvalue weighted by Gasteiger charge is -2.23. The number of amides is 1. The number of benzene rings is 3. The lowest BCUT2D eigenvalue weighted by molar-refractivity contribution is 0.102. The number of nitrogens with one attached hydrogen (secondary N) is 1. The van der Waals surface area contributed by atoms with Crippen molar-refractivity contribution in [3.8, 4) is 0 Å². The Morgan fingerprint density at radius 1 is 0.968 bits per heavy atom. The highest BCUT2D eigenvalue weighted by molar-refractivity contribution is 7.98. The summed E-state index contributed by atoms with van der Waals surface area (Å²) in [6.45, 7) is 2.01. The summed E-state index contributed by atoms with van der Waals surface area (Å²) < 4.78 is 27.5. The lowest BCUT2D eigenvalue weighted by Crippen LogP contribution is -2.30. The Morgan fingerprint density at radius 3 is 2.16 bits per heavy atom. The second-order valence-electron chi connectivity index (χ2n) is 6.48. The molecule has 0 fully saturated rings. The largest absolute Gasteiger partial charge is 0.322 e. The normalized spacial score (nSPS) is 11.2. The van der Waals surface area contributed by atoms with E-state index in [4.69, 9.17) is 23.2 Å². The zero-order valence-corrected chi connectivity index (χ0v) is 19.9. The summed E-state index contributed by atoms with van der Waals surface area (Å²) >= 11 is 13.4. The van der Waals surface area contributed by atoms with Gasteiger partial charge in [0.15, 0.2) is 0 Å². The number of halogens is 2. The molecule has 31 heavy (non-hydrogen) atoms. The van der Waals surface area contributed by atoms with Crippen LogP contribution in [0.3, 0.4) is 0 Å². The van der Waals surface area contributed by atoms with Gasteiger partial charge in [-0.25, -0.2) is 8.42 Å². The molecule has 0 heterocycles. The van der Waals surface area contributed by atoms with Gasteiger partial charge >= 0.3 is 0 Å². The molecule has 0 unspecified atom stereocenters. The number of carbonyl (C=O) groups is 1. The number of nitrogens with zero attached hydrogens (tertiary/aromatic N) is 1. The summed E-state index contributed by atoms with van der Waals surface area (Å²) in [4.78, 5) is 13.7. The molecular formula is C22H20Cl2N2O3S2. The molecule has 5 nitrogen and oxygen atoms in total. The van der Waals surface area contributed by atoms with E-state index in [0.29, 0.717) is 27.0 Å². The lowest BCUT2D eigenvalue weighted by atomic mass is 10.2. The van der Waals surface area contributed by atoms with Gasteiger partial charge in [-0.2, -0.15) is 0 Å². The first-order chi connectivity index (χ1) is 14.8. The van der Waals surface area contributed by atoms with Gasteiger partial charge in [0, 0.05) is 22.7 Å². The number of anilines is 2. The van der Waals surface area contributed by atoms with Crippen molar-refractivity contribution in [3.05, 3.63) is 82.3 Å². The molecule has 0 radical (unpaired) electrons. The number of thioether (sulfide) groups is 1. The highest BCUT2D eigenvalue weighted by atomic mass is 35.5. The van der Waals surface area contributed by atoms with Crippen LogP contribution >= 0.6 is 35.0 Å². The summed E-state index contributed by atoms with van der Waals surface area (Å²) in [5.41, 5.74) is 1.37. The Kier molecular flexibility index (Phi) is 7.54. The van der Waals surface area contributed by atoms with Crippen LogP contribution in [-0.2, 0) is 10.0 Å². The van der Waals surface area contributed by atoms with E-state index in [1.54, 1.807) is 85.4 Å². The van der Waals surface area contributed by atoms with E-state index in [0.717, 1.165) is 4.90 Å². The van der Waals surface area contributed by atoms with Gasteiger partial charge in [0.2, 0.25) is 0 Å². The zero-order valence-electron chi connectivity index (χ0n) is 16.8. The van der Waals surface area contributed by atoms with Gasteiger partial charge < -0.3 is 5.32 Å². The van der Waals surface area contributed by atoms with Crippen molar-refractivity contribution < 1.29 is 13.2 Å². The highest BCUT2D eigenvalue weighted by Crippen LogP contribution is 2.27. The minimum atomic E-state index is -3.72. The van der Waals surface area contributed by atoms with Crippen LogP contribution in [0.1, 0.15) is 17.3 Å². The van der Waals surface area contributed by atoms with Crippen molar-refractivity contribution in [2.75, 3.05) is 22.4 Å². The second kappa shape index (κ2) is 9.96. The summed E-state index contributed by atoms with van der Waals surface area (Å²) in [6.07, 6.45) is 1.93. The van der Waals surface area contributed by atoms with Gasteiger partial charge in [-0.3, -0.25) is 9.10 Å². The number of sulfonamides is 1. The number of rotatable bonds is 7. The second-order valence-corrected chi connectivity index (χ2v) is 10.0. The van der Waals surface area contributed by atoms with Crippen LogP contribution in [0.4, 0.5) is 11.4 Å². The Hall–Kier alpha value is -2.19. The fraction of sp³-hybridized carbons (Fsp3) is 0.136. The minimum Gasteiger partial charge on any atom is -0.322 e. The summed E-state index contributed by atoms with van der Waals surface area (Å²) in [6, 6.07) is 17.9. The SMILES string of the molecule is CCN(c1ccc(C(=O)Nc2ccc(Cl)c(Cl)c2)cc1)S(=O)(=O)c1ccc(SC)cc1. The molecule has 1 N–H and O–H groups in total. The Morgan fingerprint density at radius 2 is 1.61 bits per heavy atom. The van der Waals surface area contributed by atoms with Gasteiger partial charge in [0.1, 0.15) is 0 Å². The molecule has 3 rings (SSSR count). The smallest absolute Gasteiger partial charge is 0.264 e.